The molecule has 0 aliphatic carbocycles. The third kappa shape index (κ3) is 4.89. The summed E-state index contributed by atoms with van der Waals surface area (Å²) in [7, 11) is 0. The topological polar surface area (TPSA) is 59.4 Å². The smallest absolute Gasteiger partial charge is 0.241 e. The minimum Gasteiger partial charge on any atom is -0.378 e. The Bertz CT molecular complexity index is 987. The maximum absolute atomic E-state index is 12.5. The van der Waals surface area contributed by atoms with E-state index in [-0.39, 0.29) is 12.5 Å². The van der Waals surface area contributed by atoms with Gasteiger partial charge in [0.1, 0.15) is 6.54 Å². The fraction of sp³-hybridized carbons (Fsp3) is 0.333. The number of ether oxygens (including phenoxy) is 1. The standard InChI is InChI=1S/C24H28N4O2/c1-18-3-7-20(8-4-18)15-25-23(29)17-28-16-22(21-9-5-19(2)6-10-21)24(26-28)27-11-13-30-14-12-27/h3-10,16H,11-15,17H2,1-2H3,(H,25,29). The molecule has 156 valence electrons. The molecule has 0 bridgehead atoms. The van der Waals surface area contributed by atoms with Crippen LogP contribution >= 0.6 is 0 Å². The lowest BCUT2D eigenvalue weighted by Gasteiger charge is -2.27. The van der Waals surface area contributed by atoms with Crippen molar-refractivity contribution in [1.82, 2.24) is 15.1 Å². The van der Waals surface area contributed by atoms with Crippen LogP contribution in [0.25, 0.3) is 11.1 Å². The number of anilines is 1. The van der Waals surface area contributed by atoms with E-state index in [2.05, 4.69) is 60.5 Å². The minimum atomic E-state index is -0.0536. The monoisotopic (exact) mass is 404 g/mol. The average molecular weight is 405 g/mol. The summed E-state index contributed by atoms with van der Waals surface area (Å²) in [6.07, 6.45) is 1.97. The summed E-state index contributed by atoms with van der Waals surface area (Å²) in [6, 6.07) is 16.6. The van der Waals surface area contributed by atoms with Crippen molar-refractivity contribution in [3.8, 4) is 11.1 Å². The van der Waals surface area contributed by atoms with Crippen molar-refractivity contribution < 1.29 is 9.53 Å². The first-order chi connectivity index (χ1) is 14.6. The van der Waals surface area contributed by atoms with Gasteiger partial charge in [-0.25, -0.2) is 0 Å². The molecule has 6 heteroatoms. The van der Waals surface area contributed by atoms with E-state index in [9.17, 15) is 4.79 Å². The molecule has 1 amide bonds. The molecule has 1 aliphatic rings. The summed E-state index contributed by atoms with van der Waals surface area (Å²) >= 11 is 0. The van der Waals surface area contributed by atoms with Gasteiger partial charge in [-0.05, 0) is 25.0 Å². The molecular formula is C24H28N4O2. The lowest BCUT2D eigenvalue weighted by Crippen LogP contribution is -2.37. The van der Waals surface area contributed by atoms with Crippen molar-refractivity contribution in [2.75, 3.05) is 31.2 Å². The van der Waals surface area contributed by atoms with Crippen molar-refractivity contribution in [2.24, 2.45) is 0 Å². The van der Waals surface area contributed by atoms with Crippen molar-refractivity contribution in [3.63, 3.8) is 0 Å². The Morgan fingerprint density at radius 3 is 2.30 bits per heavy atom. The summed E-state index contributed by atoms with van der Waals surface area (Å²) in [5.74, 6) is 0.857. The third-order valence-corrected chi connectivity index (χ3v) is 5.33. The van der Waals surface area contributed by atoms with Gasteiger partial charge in [0.15, 0.2) is 5.82 Å². The Balaban J connectivity index is 1.50. The van der Waals surface area contributed by atoms with Gasteiger partial charge in [0, 0.05) is 31.4 Å². The number of amides is 1. The van der Waals surface area contributed by atoms with E-state index in [4.69, 9.17) is 9.84 Å². The number of rotatable bonds is 6. The van der Waals surface area contributed by atoms with Gasteiger partial charge in [0.25, 0.3) is 0 Å². The number of nitrogens with zero attached hydrogens (tertiary/aromatic N) is 3. The Hall–Kier alpha value is -3.12. The fourth-order valence-electron chi connectivity index (χ4n) is 3.55. The molecule has 1 fully saturated rings. The Morgan fingerprint density at radius 2 is 1.63 bits per heavy atom. The normalized spacial score (nSPS) is 14.0. The van der Waals surface area contributed by atoms with Crippen molar-refractivity contribution in [3.05, 3.63) is 71.4 Å². The SMILES string of the molecule is Cc1ccc(CNC(=O)Cn2cc(-c3ccc(C)cc3)c(N3CCOCC3)n2)cc1. The molecule has 6 nitrogen and oxygen atoms in total. The number of aromatic nitrogens is 2. The Morgan fingerprint density at radius 1 is 1.00 bits per heavy atom. The van der Waals surface area contributed by atoms with Gasteiger partial charge in [0.2, 0.25) is 5.91 Å². The fourth-order valence-corrected chi connectivity index (χ4v) is 3.55. The quantitative estimate of drug-likeness (QED) is 0.685. The number of morpholine rings is 1. The molecule has 2 heterocycles. The van der Waals surface area contributed by atoms with E-state index in [1.165, 1.54) is 11.1 Å². The Kier molecular flexibility index (Phi) is 6.14. The maximum Gasteiger partial charge on any atom is 0.241 e. The summed E-state index contributed by atoms with van der Waals surface area (Å²) in [4.78, 5) is 14.8. The summed E-state index contributed by atoms with van der Waals surface area (Å²) in [5.41, 5.74) is 5.66. The first-order valence-electron chi connectivity index (χ1n) is 10.4. The summed E-state index contributed by atoms with van der Waals surface area (Å²) < 4.78 is 7.24. The van der Waals surface area contributed by atoms with Crippen LogP contribution in [0.5, 0.6) is 0 Å². The van der Waals surface area contributed by atoms with Crippen LogP contribution in [0.15, 0.2) is 54.7 Å². The highest BCUT2D eigenvalue weighted by Gasteiger charge is 2.20. The van der Waals surface area contributed by atoms with Gasteiger partial charge >= 0.3 is 0 Å². The number of benzene rings is 2. The molecular weight excluding hydrogens is 376 g/mol. The molecule has 30 heavy (non-hydrogen) atoms. The zero-order valence-corrected chi connectivity index (χ0v) is 17.6. The average Bonchev–Trinajstić information content (AvgIpc) is 3.18. The number of nitrogens with one attached hydrogen (secondary N) is 1. The number of carbonyl (C=O) groups is 1. The molecule has 1 N–H and O–H groups in total. The maximum atomic E-state index is 12.5. The van der Waals surface area contributed by atoms with Crippen LogP contribution in [0.2, 0.25) is 0 Å². The second-order valence-corrected chi connectivity index (χ2v) is 7.79. The molecule has 1 saturated heterocycles. The lowest BCUT2D eigenvalue weighted by atomic mass is 10.1. The molecule has 1 aromatic heterocycles. The van der Waals surface area contributed by atoms with Gasteiger partial charge in [-0.15, -0.1) is 0 Å². The van der Waals surface area contributed by atoms with Crippen LogP contribution in [0.3, 0.4) is 0 Å². The van der Waals surface area contributed by atoms with Crippen LogP contribution in [-0.4, -0.2) is 42.0 Å². The lowest BCUT2D eigenvalue weighted by molar-refractivity contribution is -0.122. The molecule has 1 aliphatic heterocycles. The van der Waals surface area contributed by atoms with Crippen LogP contribution in [-0.2, 0) is 22.6 Å². The summed E-state index contributed by atoms with van der Waals surface area (Å²) in [6.45, 7) is 7.82. The minimum absolute atomic E-state index is 0.0536. The van der Waals surface area contributed by atoms with Crippen molar-refractivity contribution in [2.45, 2.75) is 26.9 Å². The van der Waals surface area contributed by atoms with Crippen LogP contribution in [0.1, 0.15) is 16.7 Å². The predicted molar refractivity (Wildman–Crippen MR) is 118 cm³/mol. The van der Waals surface area contributed by atoms with E-state index in [1.54, 1.807) is 4.68 Å². The number of carbonyl (C=O) groups excluding carboxylic acids is 1. The zero-order valence-electron chi connectivity index (χ0n) is 17.6. The first-order valence-corrected chi connectivity index (χ1v) is 10.4. The van der Waals surface area contributed by atoms with Crippen LogP contribution in [0.4, 0.5) is 5.82 Å². The molecule has 4 rings (SSSR count). The highest BCUT2D eigenvalue weighted by molar-refractivity contribution is 5.78. The van der Waals surface area contributed by atoms with E-state index in [0.717, 1.165) is 35.6 Å². The molecule has 0 saturated carbocycles. The molecule has 2 aromatic carbocycles. The predicted octanol–water partition coefficient (Wildman–Crippen LogP) is 3.32. The van der Waals surface area contributed by atoms with Gasteiger partial charge in [-0.3, -0.25) is 9.48 Å². The number of aryl methyl sites for hydroxylation is 2. The second kappa shape index (κ2) is 9.13. The van der Waals surface area contributed by atoms with E-state index < -0.39 is 0 Å². The summed E-state index contributed by atoms with van der Waals surface area (Å²) in [5, 5.41) is 7.75. The second-order valence-electron chi connectivity index (χ2n) is 7.79. The first kappa shape index (κ1) is 20.2. The zero-order chi connectivity index (χ0) is 20.9. The third-order valence-electron chi connectivity index (χ3n) is 5.33. The molecule has 0 unspecified atom stereocenters. The van der Waals surface area contributed by atoms with Crippen LogP contribution < -0.4 is 10.2 Å². The molecule has 0 spiro atoms. The van der Waals surface area contributed by atoms with Gasteiger partial charge in [-0.1, -0.05) is 59.7 Å². The molecule has 0 atom stereocenters. The number of hydrogen-bond donors (Lipinski definition) is 1. The van der Waals surface area contributed by atoms with Crippen molar-refractivity contribution in [1.29, 1.82) is 0 Å². The van der Waals surface area contributed by atoms with E-state index in [1.807, 2.05) is 18.3 Å². The molecule has 0 radical (unpaired) electrons. The Labute approximate surface area is 177 Å². The molecule has 3 aromatic rings. The highest BCUT2D eigenvalue weighted by Crippen LogP contribution is 2.30. The van der Waals surface area contributed by atoms with E-state index >= 15 is 0 Å². The number of hydrogen-bond acceptors (Lipinski definition) is 4. The van der Waals surface area contributed by atoms with E-state index in [0.29, 0.717) is 19.8 Å². The van der Waals surface area contributed by atoms with Crippen molar-refractivity contribution >= 4 is 11.7 Å². The van der Waals surface area contributed by atoms with Gasteiger partial charge in [0.05, 0.1) is 13.2 Å². The van der Waals surface area contributed by atoms with Crippen LogP contribution in [0, 0.1) is 13.8 Å². The highest BCUT2D eigenvalue weighted by atomic mass is 16.5. The van der Waals surface area contributed by atoms with Gasteiger partial charge < -0.3 is 15.0 Å². The largest absolute Gasteiger partial charge is 0.378 e. The van der Waals surface area contributed by atoms with Gasteiger partial charge in [-0.2, -0.15) is 5.10 Å².